The number of hydrogen-bond donors (Lipinski definition) is 0. The zero-order chi connectivity index (χ0) is 26.3. The average molecular weight is 502 g/mol. The molecule has 0 aromatic heterocycles. The van der Waals surface area contributed by atoms with Crippen molar-refractivity contribution < 1.29 is 14.3 Å². The summed E-state index contributed by atoms with van der Waals surface area (Å²) in [5.74, 6) is 1.62. The lowest BCUT2D eigenvalue weighted by Crippen LogP contribution is -2.53. The smallest absolute Gasteiger partial charge is 0.325 e. The van der Waals surface area contributed by atoms with Crippen molar-refractivity contribution in [3.63, 3.8) is 0 Å². The molecule has 3 aliphatic rings. The van der Waals surface area contributed by atoms with Gasteiger partial charge in [-0.25, -0.2) is 4.79 Å². The summed E-state index contributed by atoms with van der Waals surface area (Å²) in [6.07, 6.45) is 6.35. The monoisotopic (exact) mass is 501 g/mol. The van der Waals surface area contributed by atoms with Crippen molar-refractivity contribution in [2.24, 2.45) is 0 Å². The summed E-state index contributed by atoms with van der Waals surface area (Å²) in [5, 5.41) is 0. The van der Waals surface area contributed by atoms with E-state index in [4.69, 9.17) is 9.47 Å². The largest absolute Gasteiger partial charge is 0.497 e. The summed E-state index contributed by atoms with van der Waals surface area (Å²) in [6.45, 7) is 12.6. The molecule has 0 unspecified atom stereocenters. The molecule has 2 fully saturated rings. The van der Waals surface area contributed by atoms with Crippen LogP contribution in [-0.2, 0) is 13.1 Å². The number of fused-ring (bicyclic) bond motifs is 3. The topological polar surface area (TPSA) is 45.3 Å². The van der Waals surface area contributed by atoms with Crippen molar-refractivity contribution in [3.05, 3.63) is 76.0 Å². The molecule has 2 saturated heterocycles. The second kappa shape index (κ2) is 9.90. The molecule has 3 aliphatic heterocycles. The first-order valence-electron chi connectivity index (χ1n) is 13.4. The van der Waals surface area contributed by atoms with Crippen LogP contribution in [0.3, 0.4) is 0 Å². The number of likely N-dealkylation sites (tertiary alicyclic amines) is 1. The van der Waals surface area contributed by atoms with Crippen molar-refractivity contribution >= 4 is 11.6 Å². The molecule has 0 radical (unpaired) electrons. The van der Waals surface area contributed by atoms with Crippen LogP contribution >= 0.6 is 0 Å². The van der Waals surface area contributed by atoms with E-state index < -0.39 is 0 Å². The summed E-state index contributed by atoms with van der Waals surface area (Å²) >= 11 is 0. The third kappa shape index (κ3) is 4.31. The molecule has 5 rings (SSSR count). The fourth-order valence-electron chi connectivity index (χ4n) is 6.66. The van der Waals surface area contributed by atoms with Gasteiger partial charge < -0.3 is 14.4 Å². The minimum absolute atomic E-state index is 0.141. The molecule has 0 N–H and O–H groups in total. The number of allylic oxidation sites excluding steroid dienone is 3. The van der Waals surface area contributed by atoms with Gasteiger partial charge in [-0.2, -0.15) is 0 Å². The van der Waals surface area contributed by atoms with Crippen molar-refractivity contribution in [3.8, 4) is 11.5 Å². The molecule has 6 heteroatoms. The number of nitrogens with zero attached hydrogens (tertiary/aromatic N) is 3. The highest BCUT2D eigenvalue weighted by Crippen LogP contribution is 2.47. The number of methoxy groups -OCH3 is 2. The molecular weight excluding hydrogens is 462 g/mol. The van der Waals surface area contributed by atoms with Gasteiger partial charge in [0.2, 0.25) is 0 Å². The Morgan fingerprint density at radius 2 is 1.68 bits per heavy atom. The lowest BCUT2D eigenvalue weighted by molar-refractivity contribution is 0.0890. The molecule has 0 bridgehead atoms. The first-order chi connectivity index (χ1) is 17.8. The molecule has 3 heterocycles. The van der Waals surface area contributed by atoms with E-state index >= 15 is 0 Å². The Morgan fingerprint density at radius 3 is 2.27 bits per heavy atom. The first-order valence-corrected chi connectivity index (χ1v) is 13.4. The molecule has 2 aromatic carbocycles. The van der Waals surface area contributed by atoms with Gasteiger partial charge >= 0.3 is 6.03 Å². The van der Waals surface area contributed by atoms with Gasteiger partial charge in [0.25, 0.3) is 0 Å². The lowest BCUT2D eigenvalue weighted by Gasteiger charge is -2.44. The third-order valence-corrected chi connectivity index (χ3v) is 8.34. The van der Waals surface area contributed by atoms with E-state index in [0.29, 0.717) is 13.1 Å². The number of carbonyl (C=O) groups excluding carboxylic acids is 1. The summed E-state index contributed by atoms with van der Waals surface area (Å²) in [4.78, 5) is 20.5. The highest BCUT2D eigenvalue weighted by atomic mass is 16.5. The summed E-state index contributed by atoms with van der Waals surface area (Å²) < 4.78 is 11.0. The summed E-state index contributed by atoms with van der Waals surface area (Å²) in [7, 11) is 3.37. The predicted molar refractivity (Wildman–Crippen MR) is 148 cm³/mol. The maximum atomic E-state index is 13.8. The van der Waals surface area contributed by atoms with E-state index in [1.165, 1.54) is 39.1 Å². The van der Waals surface area contributed by atoms with Crippen LogP contribution in [-0.4, -0.2) is 60.1 Å². The first kappa shape index (κ1) is 25.4. The van der Waals surface area contributed by atoms with Gasteiger partial charge in [-0.3, -0.25) is 9.80 Å². The molecule has 2 amide bonds. The summed E-state index contributed by atoms with van der Waals surface area (Å²) in [6, 6.07) is 10.7. The van der Waals surface area contributed by atoms with Gasteiger partial charge in [0, 0.05) is 37.9 Å². The van der Waals surface area contributed by atoms with Gasteiger partial charge in [0.15, 0.2) is 0 Å². The van der Waals surface area contributed by atoms with E-state index in [-0.39, 0.29) is 11.6 Å². The number of carbonyl (C=O) groups is 1. The molecule has 37 heavy (non-hydrogen) atoms. The molecule has 196 valence electrons. The second-order valence-corrected chi connectivity index (χ2v) is 10.5. The number of urea groups is 1. The number of aryl methyl sites for hydroxylation is 2. The number of ether oxygens (including phenoxy) is 2. The molecule has 2 aromatic rings. The predicted octanol–water partition coefficient (Wildman–Crippen LogP) is 5.91. The average Bonchev–Trinajstić information content (AvgIpc) is 3.00. The van der Waals surface area contributed by atoms with Crippen LogP contribution in [0.1, 0.15) is 54.5 Å². The fourth-order valence-corrected chi connectivity index (χ4v) is 6.66. The Hall–Kier alpha value is -3.25. The van der Waals surface area contributed by atoms with E-state index in [0.717, 1.165) is 44.0 Å². The molecule has 0 atom stereocenters. The Kier molecular flexibility index (Phi) is 6.80. The third-order valence-electron chi connectivity index (χ3n) is 8.34. The molecular formula is C31H39N3O3. The van der Waals surface area contributed by atoms with Gasteiger partial charge in [-0.05, 0) is 86.6 Å². The summed E-state index contributed by atoms with van der Waals surface area (Å²) in [5.41, 5.74) is 8.34. The standard InChI is InChI=1S/C31H39N3O3/c1-7-24-17-28-31(9-11-32(12-10-31)19-23-15-26(36-5)18-27(16-23)37-6)34(8-2)30(35)33(28)20-25-14-21(3)13-22(4)29(24)25/h7,13-18H,8-12,19-20H2,1-6H3. The number of piperidine rings is 1. The van der Waals surface area contributed by atoms with Crippen molar-refractivity contribution in [1.82, 2.24) is 14.7 Å². The van der Waals surface area contributed by atoms with Crippen molar-refractivity contribution in [1.29, 1.82) is 0 Å². The molecule has 0 aliphatic carbocycles. The van der Waals surface area contributed by atoms with Crippen LogP contribution in [0.25, 0.3) is 5.57 Å². The Morgan fingerprint density at radius 1 is 1.00 bits per heavy atom. The van der Waals surface area contributed by atoms with E-state index in [1.807, 2.05) is 6.07 Å². The second-order valence-electron chi connectivity index (χ2n) is 10.5. The Labute approximate surface area is 221 Å². The maximum Gasteiger partial charge on any atom is 0.325 e. The quantitative estimate of drug-likeness (QED) is 0.511. The van der Waals surface area contributed by atoms with Crippen molar-refractivity contribution in [2.45, 2.75) is 59.2 Å². The van der Waals surface area contributed by atoms with Gasteiger partial charge in [-0.1, -0.05) is 23.8 Å². The number of rotatable bonds is 5. The van der Waals surface area contributed by atoms with Crippen LogP contribution in [0.15, 0.2) is 48.2 Å². The number of likely N-dealkylation sites (N-methyl/N-ethyl adjacent to an activating group) is 1. The minimum Gasteiger partial charge on any atom is -0.497 e. The fraction of sp³-hybridized carbons (Fsp3) is 0.452. The van der Waals surface area contributed by atoms with E-state index in [2.05, 4.69) is 78.8 Å². The minimum atomic E-state index is -0.270. The highest BCUT2D eigenvalue weighted by molar-refractivity contribution is 5.88. The zero-order valence-electron chi connectivity index (χ0n) is 23.1. The van der Waals surface area contributed by atoms with Crippen LogP contribution in [0.2, 0.25) is 0 Å². The molecule has 0 saturated carbocycles. The Bertz CT molecular complexity index is 1250. The number of hydrogen-bond acceptors (Lipinski definition) is 4. The van der Waals surface area contributed by atoms with Crippen LogP contribution in [0.4, 0.5) is 4.79 Å². The normalized spacial score (nSPS) is 20.1. The van der Waals surface area contributed by atoms with Crippen LogP contribution in [0.5, 0.6) is 11.5 Å². The zero-order valence-corrected chi connectivity index (χ0v) is 23.1. The van der Waals surface area contributed by atoms with Gasteiger partial charge in [0.05, 0.1) is 26.3 Å². The Balaban J connectivity index is 1.45. The molecule has 6 nitrogen and oxygen atoms in total. The lowest BCUT2D eigenvalue weighted by atomic mass is 9.82. The van der Waals surface area contributed by atoms with Gasteiger partial charge in [0.1, 0.15) is 11.5 Å². The highest BCUT2D eigenvalue weighted by Gasteiger charge is 2.54. The molecule has 1 spiro atoms. The number of benzene rings is 2. The van der Waals surface area contributed by atoms with E-state index in [9.17, 15) is 4.79 Å². The maximum absolute atomic E-state index is 13.8. The SMILES string of the molecule is CC=C1C=C2N(Cc3cc(C)cc(C)c31)C(=O)N(CC)C21CCN(Cc2cc(OC)cc(OC)c2)CC1. The van der Waals surface area contributed by atoms with E-state index in [1.54, 1.807) is 14.2 Å². The number of amides is 2. The van der Waals surface area contributed by atoms with Crippen molar-refractivity contribution in [2.75, 3.05) is 33.9 Å². The van der Waals surface area contributed by atoms with Crippen LogP contribution in [0, 0.1) is 13.8 Å². The van der Waals surface area contributed by atoms with Gasteiger partial charge in [-0.15, -0.1) is 0 Å². The van der Waals surface area contributed by atoms with Crippen LogP contribution < -0.4 is 9.47 Å².